The van der Waals surface area contributed by atoms with E-state index in [-0.39, 0.29) is 5.91 Å². The summed E-state index contributed by atoms with van der Waals surface area (Å²) >= 11 is 1.37. The molecular formula is C10H12N4OS. The van der Waals surface area contributed by atoms with Crippen LogP contribution in [0.25, 0.3) is 0 Å². The summed E-state index contributed by atoms with van der Waals surface area (Å²) < 4.78 is 0. The topological polar surface area (TPSA) is 69.9 Å². The first-order valence-electron chi connectivity index (χ1n) is 4.73. The Morgan fingerprint density at radius 3 is 3.12 bits per heavy atom. The van der Waals surface area contributed by atoms with Crippen LogP contribution < -0.4 is 0 Å². The van der Waals surface area contributed by atoms with Gasteiger partial charge in [-0.15, -0.1) is 0 Å². The van der Waals surface area contributed by atoms with Crippen LogP contribution in [0.5, 0.6) is 0 Å². The van der Waals surface area contributed by atoms with Gasteiger partial charge in [0.15, 0.2) is 0 Å². The van der Waals surface area contributed by atoms with E-state index in [1.165, 1.54) is 18.1 Å². The van der Waals surface area contributed by atoms with Gasteiger partial charge in [0.2, 0.25) is 5.91 Å². The molecule has 0 aliphatic heterocycles. The van der Waals surface area contributed by atoms with Crippen LogP contribution in [0.3, 0.4) is 0 Å². The number of aromatic nitrogens is 2. The molecule has 0 saturated carbocycles. The number of nitrogens with zero attached hydrogens (tertiary/aromatic N) is 4. The second kappa shape index (κ2) is 6.80. The van der Waals surface area contributed by atoms with Crippen LogP contribution in [0.1, 0.15) is 6.42 Å². The maximum absolute atomic E-state index is 11.6. The SMILES string of the molecule is CN(CCC#N)C(=O)CSc1ccncn1. The molecule has 0 atom stereocenters. The zero-order valence-electron chi connectivity index (χ0n) is 8.96. The summed E-state index contributed by atoms with van der Waals surface area (Å²) in [7, 11) is 1.69. The van der Waals surface area contributed by atoms with Crippen LogP contribution in [0.15, 0.2) is 23.6 Å². The molecule has 1 heterocycles. The van der Waals surface area contributed by atoms with Crippen molar-refractivity contribution in [2.45, 2.75) is 11.4 Å². The number of carbonyl (C=O) groups excluding carboxylic acids is 1. The zero-order valence-corrected chi connectivity index (χ0v) is 9.78. The lowest BCUT2D eigenvalue weighted by molar-refractivity contribution is -0.127. The van der Waals surface area contributed by atoms with E-state index in [0.29, 0.717) is 18.7 Å². The molecule has 5 nitrogen and oxygen atoms in total. The van der Waals surface area contributed by atoms with Gasteiger partial charge in [-0.2, -0.15) is 5.26 Å². The second-order valence-corrected chi connectivity index (χ2v) is 4.06. The fourth-order valence-electron chi connectivity index (χ4n) is 0.952. The molecule has 0 fully saturated rings. The Labute approximate surface area is 98.5 Å². The predicted molar refractivity (Wildman–Crippen MR) is 60.6 cm³/mol. The highest BCUT2D eigenvalue weighted by molar-refractivity contribution is 7.99. The Morgan fingerprint density at radius 1 is 1.69 bits per heavy atom. The predicted octanol–water partition coefficient (Wildman–Crippen LogP) is 0.941. The quantitative estimate of drug-likeness (QED) is 0.562. The molecule has 0 saturated heterocycles. The Hall–Kier alpha value is -1.61. The van der Waals surface area contributed by atoms with Crippen molar-refractivity contribution < 1.29 is 4.79 Å². The minimum Gasteiger partial charge on any atom is -0.344 e. The minimum atomic E-state index is -0.00105. The van der Waals surface area contributed by atoms with Crippen molar-refractivity contribution >= 4 is 17.7 Å². The molecule has 0 aliphatic carbocycles. The maximum atomic E-state index is 11.6. The molecule has 0 aliphatic rings. The number of rotatable bonds is 5. The van der Waals surface area contributed by atoms with Gasteiger partial charge in [0.1, 0.15) is 6.33 Å². The van der Waals surface area contributed by atoms with E-state index in [0.717, 1.165) is 5.03 Å². The second-order valence-electron chi connectivity index (χ2n) is 3.06. The van der Waals surface area contributed by atoms with Crippen molar-refractivity contribution in [1.29, 1.82) is 5.26 Å². The fourth-order valence-corrected chi connectivity index (χ4v) is 1.72. The summed E-state index contributed by atoms with van der Waals surface area (Å²) in [6.45, 7) is 0.472. The summed E-state index contributed by atoms with van der Waals surface area (Å²) in [6, 6.07) is 3.76. The molecule has 16 heavy (non-hydrogen) atoms. The van der Waals surface area contributed by atoms with Crippen LogP contribution in [0.2, 0.25) is 0 Å². The van der Waals surface area contributed by atoms with Gasteiger partial charge in [-0.3, -0.25) is 4.79 Å². The van der Waals surface area contributed by atoms with Crippen molar-refractivity contribution in [3.8, 4) is 6.07 Å². The van der Waals surface area contributed by atoms with Gasteiger partial charge >= 0.3 is 0 Å². The molecule has 0 radical (unpaired) electrons. The first kappa shape index (κ1) is 12.5. The van der Waals surface area contributed by atoms with Crippen molar-refractivity contribution in [3.63, 3.8) is 0 Å². The molecular weight excluding hydrogens is 224 g/mol. The Balaban J connectivity index is 2.33. The van der Waals surface area contributed by atoms with Crippen LogP contribution in [0, 0.1) is 11.3 Å². The first-order chi connectivity index (χ1) is 7.74. The van der Waals surface area contributed by atoms with Gasteiger partial charge in [0.25, 0.3) is 0 Å². The molecule has 1 aromatic rings. The number of amides is 1. The highest BCUT2D eigenvalue weighted by atomic mass is 32.2. The number of nitriles is 1. The van der Waals surface area contributed by atoms with Gasteiger partial charge in [-0.1, -0.05) is 11.8 Å². The van der Waals surface area contributed by atoms with Gasteiger partial charge in [-0.25, -0.2) is 9.97 Å². The van der Waals surface area contributed by atoms with Crippen LogP contribution in [-0.4, -0.2) is 40.1 Å². The number of hydrogen-bond donors (Lipinski definition) is 0. The lowest BCUT2D eigenvalue weighted by atomic mass is 10.4. The lowest BCUT2D eigenvalue weighted by Gasteiger charge is -2.14. The smallest absolute Gasteiger partial charge is 0.232 e. The van der Waals surface area contributed by atoms with E-state index in [1.807, 2.05) is 6.07 Å². The summed E-state index contributed by atoms with van der Waals surface area (Å²) in [5.74, 6) is 0.331. The molecule has 6 heteroatoms. The van der Waals surface area contributed by atoms with Crippen molar-refractivity contribution in [1.82, 2.24) is 14.9 Å². The highest BCUT2D eigenvalue weighted by Crippen LogP contribution is 2.13. The minimum absolute atomic E-state index is 0.00105. The number of thioether (sulfide) groups is 1. The molecule has 0 unspecified atom stereocenters. The van der Waals surface area contributed by atoms with Gasteiger partial charge in [-0.05, 0) is 6.07 Å². The van der Waals surface area contributed by atoms with Crippen LogP contribution in [0.4, 0.5) is 0 Å². The van der Waals surface area contributed by atoms with E-state index in [2.05, 4.69) is 9.97 Å². The van der Waals surface area contributed by atoms with E-state index in [4.69, 9.17) is 5.26 Å². The van der Waals surface area contributed by atoms with Crippen molar-refractivity contribution in [3.05, 3.63) is 18.6 Å². The third-order valence-electron chi connectivity index (χ3n) is 1.88. The van der Waals surface area contributed by atoms with Crippen molar-refractivity contribution in [2.75, 3.05) is 19.3 Å². The third-order valence-corrected chi connectivity index (χ3v) is 2.81. The third kappa shape index (κ3) is 4.28. The van der Waals surface area contributed by atoms with Gasteiger partial charge in [0, 0.05) is 19.8 Å². The first-order valence-corrected chi connectivity index (χ1v) is 5.72. The normalized spacial score (nSPS) is 9.50. The van der Waals surface area contributed by atoms with Crippen LogP contribution in [-0.2, 0) is 4.79 Å². The summed E-state index contributed by atoms with van der Waals surface area (Å²) in [5.41, 5.74) is 0. The monoisotopic (exact) mass is 236 g/mol. The summed E-state index contributed by atoms with van der Waals surface area (Å²) in [4.78, 5) is 20.9. The Morgan fingerprint density at radius 2 is 2.50 bits per heavy atom. The molecule has 0 bridgehead atoms. The average Bonchev–Trinajstić information content (AvgIpc) is 2.34. The van der Waals surface area contributed by atoms with Crippen molar-refractivity contribution in [2.24, 2.45) is 0 Å². The van der Waals surface area contributed by atoms with E-state index in [9.17, 15) is 4.79 Å². The summed E-state index contributed by atoms with van der Waals surface area (Å²) in [6.07, 6.45) is 3.45. The summed E-state index contributed by atoms with van der Waals surface area (Å²) in [5, 5.41) is 9.17. The molecule has 1 aromatic heterocycles. The Bertz CT molecular complexity index is 376. The zero-order chi connectivity index (χ0) is 11.8. The fraction of sp³-hybridized carbons (Fsp3) is 0.400. The molecule has 0 N–H and O–H groups in total. The van der Waals surface area contributed by atoms with Crippen LogP contribution >= 0.6 is 11.8 Å². The molecule has 0 spiro atoms. The maximum Gasteiger partial charge on any atom is 0.232 e. The van der Waals surface area contributed by atoms with E-state index >= 15 is 0 Å². The number of carbonyl (C=O) groups is 1. The lowest BCUT2D eigenvalue weighted by Crippen LogP contribution is -2.29. The van der Waals surface area contributed by atoms with E-state index < -0.39 is 0 Å². The Kier molecular flexibility index (Phi) is 5.29. The molecule has 84 valence electrons. The molecule has 0 aromatic carbocycles. The van der Waals surface area contributed by atoms with Gasteiger partial charge < -0.3 is 4.90 Å². The average molecular weight is 236 g/mol. The number of hydrogen-bond acceptors (Lipinski definition) is 5. The largest absolute Gasteiger partial charge is 0.344 e. The van der Waals surface area contributed by atoms with E-state index in [1.54, 1.807) is 24.2 Å². The highest BCUT2D eigenvalue weighted by Gasteiger charge is 2.08. The molecule has 1 rings (SSSR count). The standard InChI is InChI=1S/C10H12N4OS/c1-14(6-2-4-11)10(15)7-16-9-3-5-12-8-13-9/h3,5,8H,2,6-7H2,1H3. The van der Waals surface area contributed by atoms with Gasteiger partial charge in [0.05, 0.1) is 23.3 Å². The molecule has 1 amide bonds.